The van der Waals surface area contributed by atoms with E-state index in [2.05, 4.69) is 27.3 Å². The van der Waals surface area contributed by atoms with Crippen LogP contribution in [0, 0.1) is 0 Å². The fourth-order valence-electron chi connectivity index (χ4n) is 1.98. The van der Waals surface area contributed by atoms with Crippen molar-refractivity contribution in [2.45, 2.75) is 58.4 Å². The van der Waals surface area contributed by atoms with Gasteiger partial charge < -0.3 is 18.3 Å². The molecule has 2 atom stereocenters. The number of ether oxygens (including phenoxy) is 2. The topological polar surface area (TPSA) is 40.2 Å². The van der Waals surface area contributed by atoms with Gasteiger partial charge in [-0.25, -0.2) is 0 Å². The maximum atomic E-state index is 6.14. The quantitative estimate of drug-likeness (QED) is 0.369. The molecule has 1 aliphatic rings. The van der Waals surface area contributed by atoms with E-state index in [9.17, 15) is 0 Å². The first-order valence-electron chi connectivity index (χ1n) is 6.88. The Hall–Kier alpha value is 0.0569. The van der Waals surface area contributed by atoms with Gasteiger partial charge in [0.05, 0.1) is 18.8 Å². The third-order valence-electron chi connectivity index (χ3n) is 2.60. The van der Waals surface area contributed by atoms with E-state index in [1.54, 1.807) is 0 Å². The van der Waals surface area contributed by atoms with Crippen molar-refractivity contribution in [2.75, 3.05) is 26.4 Å². The molecule has 1 aliphatic heterocycles. The summed E-state index contributed by atoms with van der Waals surface area (Å²) in [5.74, 6) is 0. The molecule has 0 N–H and O–H groups in total. The zero-order valence-corrected chi connectivity index (χ0v) is 13.5. The first-order valence-corrected chi connectivity index (χ1v) is 9.40. The second-order valence-corrected chi connectivity index (χ2v) is 9.18. The lowest BCUT2D eigenvalue weighted by atomic mass is 10.2. The monoisotopic (exact) mass is 276 g/mol. The molecule has 0 spiro atoms. The minimum Gasteiger partial charge on any atom is -0.395 e. The Bertz CT molecular complexity index is 238. The highest BCUT2D eigenvalue weighted by molar-refractivity contribution is 6.66. The number of hydrogen-bond donors (Lipinski definition) is 0. The molecule has 0 radical (unpaired) electrons. The minimum absolute atomic E-state index is 0.140. The number of epoxide rings is 1. The average molecular weight is 276 g/mol. The molecule has 0 bridgehead atoms. The van der Waals surface area contributed by atoms with Crippen LogP contribution < -0.4 is 0 Å². The first-order chi connectivity index (χ1) is 8.35. The Kier molecular flexibility index (Phi) is 6.27. The minimum atomic E-state index is -2.06. The van der Waals surface area contributed by atoms with Gasteiger partial charge in [0, 0.05) is 13.2 Å². The highest BCUT2D eigenvalue weighted by Gasteiger charge is 2.35. The summed E-state index contributed by atoms with van der Waals surface area (Å²) in [6, 6.07) is 0.976. The molecule has 2 unspecified atom stereocenters. The summed E-state index contributed by atoms with van der Waals surface area (Å²) in [5, 5.41) is 0. The normalized spacial score (nSPS) is 22.8. The van der Waals surface area contributed by atoms with Crippen molar-refractivity contribution >= 4 is 8.56 Å². The maximum Gasteiger partial charge on any atom is 0.335 e. The Morgan fingerprint density at radius 1 is 1.33 bits per heavy atom. The van der Waals surface area contributed by atoms with Gasteiger partial charge in [-0.1, -0.05) is 0 Å². The molecule has 1 heterocycles. The van der Waals surface area contributed by atoms with Gasteiger partial charge in [-0.05, 0) is 46.7 Å². The van der Waals surface area contributed by atoms with Crippen LogP contribution in [0.25, 0.3) is 0 Å². The number of rotatable bonds is 9. The van der Waals surface area contributed by atoms with Crippen LogP contribution in [0.15, 0.2) is 0 Å². The molecule has 0 amide bonds. The third-order valence-corrected chi connectivity index (χ3v) is 5.80. The Labute approximate surface area is 112 Å². The van der Waals surface area contributed by atoms with Crippen LogP contribution in [0.3, 0.4) is 0 Å². The van der Waals surface area contributed by atoms with E-state index in [0.717, 1.165) is 38.9 Å². The molecule has 1 saturated heterocycles. The molecule has 0 saturated carbocycles. The molecule has 108 valence electrons. The molecule has 0 aromatic carbocycles. The van der Waals surface area contributed by atoms with Crippen molar-refractivity contribution < 1.29 is 18.3 Å². The summed E-state index contributed by atoms with van der Waals surface area (Å²) >= 11 is 0. The summed E-state index contributed by atoms with van der Waals surface area (Å²) in [4.78, 5) is 0. The van der Waals surface area contributed by atoms with Gasteiger partial charge >= 0.3 is 8.56 Å². The highest BCUT2D eigenvalue weighted by Crippen LogP contribution is 2.23. The SMILES string of the molecule is CCO[Si](C)(CCCOCC1CO1)OC(C)(C)C. The second-order valence-electron chi connectivity index (χ2n) is 5.92. The van der Waals surface area contributed by atoms with Gasteiger partial charge in [0.2, 0.25) is 0 Å². The van der Waals surface area contributed by atoms with Gasteiger partial charge in [0.1, 0.15) is 6.10 Å². The van der Waals surface area contributed by atoms with Crippen LogP contribution in [0.5, 0.6) is 0 Å². The molecule has 1 rings (SSSR count). The average Bonchev–Trinajstić information content (AvgIpc) is 2.98. The van der Waals surface area contributed by atoms with Crippen molar-refractivity contribution in [2.24, 2.45) is 0 Å². The van der Waals surface area contributed by atoms with E-state index >= 15 is 0 Å². The Morgan fingerprint density at radius 2 is 2.00 bits per heavy atom. The standard InChI is InChI=1S/C13H28O4Si/c1-6-16-18(5,17-13(2,3)4)9-7-8-14-10-12-11-15-12/h12H,6-11H2,1-5H3. The summed E-state index contributed by atoms with van der Waals surface area (Å²) in [7, 11) is -2.06. The molecule has 4 nitrogen and oxygen atoms in total. The highest BCUT2D eigenvalue weighted by atomic mass is 28.4. The van der Waals surface area contributed by atoms with Crippen LogP contribution in [0.2, 0.25) is 12.6 Å². The van der Waals surface area contributed by atoms with Crippen molar-refractivity contribution in [3.63, 3.8) is 0 Å². The Morgan fingerprint density at radius 3 is 2.50 bits per heavy atom. The lowest BCUT2D eigenvalue weighted by Gasteiger charge is -2.34. The van der Waals surface area contributed by atoms with Crippen molar-refractivity contribution in [3.05, 3.63) is 0 Å². The van der Waals surface area contributed by atoms with E-state index in [0.29, 0.717) is 6.10 Å². The summed E-state index contributed by atoms with van der Waals surface area (Å²) < 4.78 is 22.7. The van der Waals surface area contributed by atoms with Crippen LogP contribution in [-0.4, -0.2) is 46.7 Å². The van der Waals surface area contributed by atoms with Crippen molar-refractivity contribution in [1.82, 2.24) is 0 Å². The third kappa shape index (κ3) is 7.48. The van der Waals surface area contributed by atoms with Gasteiger partial charge in [0.15, 0.2) is 0 Å². The molecule has 18 heavy (non-hydrogen) atoms. The van der Waals surface area contributed by atoms with Crippen LogP contribution in [0.1, 0.15) is 34.1 Å². The van der Waals surface area contributed by atoms with Crippen LogP contribution in [0.4, 0.5) is 0 Å². The largest absolute Gasteiger partial charge is 0.395 e. The van der Waals surface area contributed by atoms with Gasteiger partial charge in [-0.15, -0.1) is 0 Å². The van der Waals surface area contributed by atoms with Gasteiger partial charge in [0.25, 0.3) is 0 Å². The molecule has 5 heteroatoms. The maximum absolute atomic E-state index is 6.14. The predicted octanol–water partition coefficient (Wildman–Crippen LogP) is 2.72. The molecule has 0 aliphatic carbocycles. The molecular weight excluding hydrogens is 248 g/mol. The zero-order valence-electron chi connectivity index (χ0n) is 12.5. The molecule has 0 aromatic heterocycles. The Balaban J connectivity index is 2.21. The second kappa shape index (κ2) is 7.00. The summed E-state index contributed by atoms with van der Waals surface area (Å²) in [6.07, 6.45) is 1.34. The lowest BCUT2D eigenvalue weighted by Crippen LogP contribution is -2.45. The van der Waals surface area contributed by atoms with Gasteiger partial charge in [-0.3, -0.25) is 0 Å². The van der Waals surface area contributed by atoms with E-state index in [-0.39, 0.29) is 5.60 Å². The summed E-state index contributed by atoms with van der Waals surface area (Å²) in [5.41, 5.74) is -0.140. The van der Waals surface area contributed by atoms with Crippen LogP contribution in [-0.2, 0) is 18.3 Å². The van der Waals surface area contributed by atoms with E-state index < -0.39 is 8.56 Å². The van der Waals surface area contributed by atoms with Gasteiger partial charge in [-0.2, -0.15) is 0 Å². The van der Waals surface area contributed by atoms with E-state index in [1.165, 1.54) is 0 Å². The predicted molar refractivity (Wildman–Crippen MR) is 74.1 cm³/mol. The van der Waals surface area contributed by atoms with E-state index in [4.69, 9.17) is 18.3 Å². The molecule has 0 aromatic rings. The first kappa shape index (κ1) is 16.1. The molecular formula is C13H28O4Si. The lowest BCUT2D eigenvalue weighted by molar-refractivity contribution is 0.0644. The van der Waals surface area contributed by atoms with Crippen LogP contribution >= 0.6 is 0 Å². The van der Waals surface area contributed by atoms with Crippen molar-refractivity contribution in [1.29, 1.82) is 0 Å². The fourth-order valence-corrected chi connectivity index (χ4v) is 4.98. The van der Waals surface area contributed by atoms with Crippen molar-refractivity contribution in [3.8, 4) is 0 Å². The summed E-state index contributed by atoms with van der Waals surface area (Å²) in [6.45, 7) is 13.5. The molecule has 1 fully saturated rings. The fraction of sp³-hybridized carbons (Fsp3) is 1.00. The smallest absolute Gasteiger partial charge is 0.335 e. The zero-order chi connectivity index (χ0) is 13.6. The van der Waals surface area contributed by atoms with E-state index in [1.807, 2.05) is 6.92 Å². The number of hydrogen-bond acceptors (Lipinski definition) is 4.